The first-order valence-electron chi connectivity index (χ1n) is 7.31. The Balaban J connectivity index is 2.30. The number of amides is 2. The summed E-state index contributed by atoms with van der Waals surface area (Å²) in [6, 6.07) is 9.63. The van der Waals surface area contributed by atoms with E-state index in [0.29, 0.717) is 19.0 Å². The van der Waals surface area contributed by atoms with Crippen molar-refractivity contribution in [1.29, 1.82) is 0 Å². The first-order valence-corrected chi connectivity index (χ1v) is 7.31. The number of carbonyl (C=O) groups excluding carboxylic acids is 2. The van der Waals surface area contributed by atoms with Crippen molar-refractivity contribution in [1.82, 2.24) is 10.6 Å². The fraction of sp³-hybridized carbons (Fsp3) is 0.500. The lowest BCUT2D eigenvalue weighted by atomic mass is 9.96. The SMILES string of the molecule is CC(C)CC(CN)C(=O)NCC(=O)NCc1ccccc1. The van der Waals surface area contributed by atoms with Crippen molar-refractivity contribution in [2.24, 2.45) is 17.6 Å². The molecule has 0 saturated carbocycles. The van der Waals surface area contributed by atoms with Gasteiger partial charge in [0.15, 0.2) is 0 Å². The number of hydrogen-bond acceptors (Lipinski definition) is 3. The predicted octanol–water partition coefficient (Wildman–Crippen LogP) is 1.04. The molecule has 5 heteroatoms. The second kappa shape index (κ2) is 9.13. The van der Waals surface area contributed by atoms with Crippen LogP contribution in [0.15, 0.2) is 30.3 Å². The third-order valence-electron chi connectivity index (χ3n) is 3.17. The minimum Gasteiger partial charge on any atom is -0.350 e. The smallest absolute Gasteiger partial charge is 0.239 e. The molecule has 1 rings (SSSR count). The van der Waals surface area contributed by atoms with E-state index in [2.05, 4.69) is 10.6 Å². The van der Waals surface area contributed by atoms with Gasteiger partial charge in [-0.05, 0) is 17.9 Å². The summed E-state index contributed by atoms with van der Waals surface area (Å²) in [4.78, 5) is 23.6. The predicted molar refractivity (Wildman–Crippen MR) is 83.3 cm³/mol. The first kappa shape index (κ1) is 17.2. The van der Waals surface area contributed by atoms with Crippen LogP contribution in [0.1, 0.15) is 25.8 Å². The van der Waals surface area contributed by atoms with Crippen LogP contribution in [-0.4, -0.2) is 24.9 Å². The molecule has 1 aromatic rings. The van der Waals surface area contributed by atoms with E-state index in [9.17, 15) is 9.59 Å². The van der Waals surface area contributed by atoms with Crippen LogP contribution in [0, 0.1) is 11.8 Å². The summed E-state index contributed by atoms with van der Waals surface area (Å²) < 4.78 is 0. The van der Waals surface area contributed by atoms with Gasteiger partial charge >= 0.3 is 0 Å². The highest BCUT2D eigenvalue weighted by molar-refractivity contribution is 5.85. The zero-order valence-electron chi connectivity index (χ0n) is 12.8. The van der Waals surface area contributed by atoms with Gasteiger partial charge in [0, 0.05) is 13.1 Å². The zero-order valence-corrected chi connectivity index (χ0v) is 12.8. The molecular weight excluding hydrogens is 266 g/mol. The van der Waals surface area contributed by atoms with E-state index >= 15 is 0 Å². The van der Waals surface area contributed by atoms with Gasteiger partial charge in [0.1, 0.15) is 0 Å². The number of nitrogens with one attached hydrogen (secondary N) is 2. The van der Waals surface area contributed by atoms with Gasteiger partial charge in [0.05, 0.1) is 12.5 Å². The van der Waals surface area contributed by atoms with Crippen molar-refractivity contribution in [3.63, 3.8) is 0 Å². The van der Waals surface area contributed by atoms with Crippen molar-refractivity contribution in [3.05, 3.63) is 35.9 Å². The van der Waals surface area contributed by atoms with Gasteiger partial charge in [-0.2, -0.15) is 0 Å². The summed E-state index contributed by atoms with van der Waals surface area (Å²) in [5.41, 5.74) is 6.63. The van der Waals surface area contributed by atoms with Crippen LogP contribution in [0.3, 0.4) is 0 Å². The van der Waals surface area contributed by atoms with Crippen LogP contribution < -0.4 is 16.4 Å². The Morgan fingerprint density at radius 2 is 1.81 bits per heavy atom. The van der Waals surface area contributed by atoms with Crippen molar-refractivity contribution in [2.45, 2.75) is 26.8 Å². The van der Waals surface area contributed by atoms with Gasteiger partial charge in [-0.25, -0.2) is 0 Å². The largest absolute Gasteiger partial charge is 0.350 e. The Hall–Kier alpha value is -1.88. The van der Waals surface area contributed by atoms with Crippen molar-refractivity contribution in [3.8, 4) is 0 Å². The summed E-state index contributed by atoms with van der Waals surface area (Å²) >= 11 is 0. The van der Waals surface area contributed by atoms with Gasteiger partial charge in [-0.1, -0.05) is 44.2 Å². The molecule has 4 N–H and O–H groups in total. The van der Waals surface area contributed by atoms with Gasteiger partial charge in [-0.15, -0.1) is 0 Å². The lowest BCUT2D eigenvalue weighted by Gasteiger charge is -2.16. The van der Waals surface area contributed by atoms with Crippen LogP contribution in [0.5, 0.6) is 0 Å². The molecule has 1 aromatic carbocycles. The van der Waals surface area contributed by atoms with Crippen molar-refractivity contribution in [2.75, 3.05) is 13.1 Å². The van der Waals surface area contributed by atoms with E-state index in [4.69, 9.17) is 5.73 Å². The van der Waals surface area contributed by atoms with Crippen molar-refractivity contribution < 1.29 is 9.59 Å². The number of benzene rings is 1. The second-order valence-electron chi connectivity index (χ2n) is 5.54. The Labute approximate surface area is 126 Å². The minimum absolute atomic E-state index is 0.0136. The molecule has 0 radical (unpaired) electrons. The molecule has 2 amide bonds. The molecule has 116 valence electrons. The maximum atomic E-state index is 11.9. The highest BCUT2D eigenvalue weighted by Gasteiger charge is 2.18. The number of rotatable bonds is 8. The molecule has 1 unspecified atom stereocenters. The zero-order chi connectivity index (χ0) is 15.7. The Bertz CT molecular complexity index is 446. The van der Waals surface area contributed by atoms with E-state index in [1.54, 1.807) is 0 Å². The van der Waals surface area contributed by atoms with Crippen LogP contribution in [0.4, 0.5) is 0 Å². The molecule has 0 saturated heterocycles. The lowest BCUT2D eigenvalue weighted by Crippen LogP contribution is -2.41. The summed E-state index contributed by atoms with van der Waals surface area (Å²) in [6.45, 7) is 4.84. The molecule has 0 bridgehead atoms. The number of carbonyl (C=O) groups is 2. The van der Waals surface area contributed by atoms with E-state index in [1.807, 2.05) is 44.2 Å². The Morgan fingerprint density at radius 3 is 2.38 bits per heavy atom. The quantitative estimate of drug-likeness (QED) is 0.669. The minimum atomic E-state index is -0.230. The lowest BCUT2D eigenvalue weighted by molar-refractivity contribution is -0.128. The molecule has 0 aliphatic carbocycles. The molecule has 0 aromatic heterocycles. The third-order valence-corrected chi connectivity index (χ3v) is 3.17. The van der Waals surface area contributed by atoms with Crippen molar-refractivity contribution >= 4 is 11.8 Å². The van der Waals surface area contributed by atoms with Gasteiger partial charge in [0.2, 0.25) is 11.8 Å². The van der Waals surface area contributed by atoms with Crippen LogP contribution in [0.25, 0.3) is 0 Å². The van der Waals surface area contributed by atoms with Gasteiger partial charge in [0.25, 0.3) is 0 Å². The van der Waals surface area contributed by atoms with Crippen LogP contribution in [-0.2, 0) is 16.1 Å². The highest BCUT2D eigenvalue weighted by atomic mass is 16.2. The average Bonchev–Trinajstić information content (AvgIpc) is 2.49. The maximum Gasteiger partial charge on any atom is 0.239 e. The molecule has 0 fully saturated rings. The van der Waals surface area contributed by atoms with E-state index in [1.165, 1.54) is 0 Å². The molecule has 21 heavy (non-hydrogen) atoms. The fourth-order valence-electron chi connectivity index (χ4n) is 2.05. The molecule has 0 aliphatic rings. The summed E-state index contributed by atoms with van der Waals surface area (Å²) in [5, 5.41) is 5.41. The molecule has 0 heterocycles. The van der Waals surface area contributed by atoms with Crippen LogP contribution in [0.2, 0.25) is 0 Å². The molecule has 1 atom stereocenters. The Morgan fingerprint density at radius 1 is 1.14 bits per heavy atom. The Kier molecular flexibility index (Phi) is 7.46. The molecule has 0 aliphatic heterocycles. The monoisotopic (exact) mass is 291 g/mol. The normalized spacial score (nSPS) is 12.0. The molecule has 0 spiro atoms. The van der Waals surface area contributed by atoms with E-state index < -0.39 is 0 Å². The summed E-state index contributed by atoms with van der Waals surface area (Å²) in [6.07, 6.45) is 0.730. The highest BCUT2D eigenvalue weighted by Crippen LogP contribution is 2.10. The van der Waals surface area contributed by atoms with Gasteiger partial charge in [-0.3, -0.25) is 9.59 Å². The third kappa shape index (κ3) is 6.90. The maximum absolute atomic E-state index is 11.9. The number of hydrogen-bond donors (Lipinski definition) is 3. The average molecular weight is 291 g/mol. The standard InChI is InChI=1S/C16H25N3O2/c1-12(2)8-14(9-17)16(21)19-11-15(20)18-10-13-6-4-3-5-7-13/h3-7,12,14H,8-11,17H2,1-2H3,(H,18,20)(H,19,21). The summed E-state index contributed by atoms with van der Waals surface area (Å²) in [5.74, 6) is -0.184. The molecule has 5 nitrogen and oxygen atoms in total. The number of nitrogens with two attached hydrogens (primary N) is 1. The fourth-order valence-corrected chi connectivity index (χ4v) is 2.05. The second-order valence-corrected chi connectivity index (χ2v) is 5.54. The first-order chi connectivity index (χ1) is 10.0. The van der Waals surface area contributed by atoms with E-state index in [-0.39, 0.29) is 24.3 Å². The molecular formula is C16H25N3O2. The van der Waals surface area contributed by atoms with Gasteiger partial charge < -0.3 is 16.4 Å². The topological polar surface area (TPSA) is 84.2 Å². The summed E-state index contributed by atoms with van der Waals surface area (Å²) in [7, 11) is 0. The van der Waals surface area contributed by atoms with Crippen LogP contribution >= 0.6 is 0 Å². The van der Waals surface area contributed by atoms with E-state index in [0.717, 1.165) is 12.0 Å².